The SMILES string of the molecule is [Pt+2].[c-]1c(Oc2[c-]c3c(cc2)c2ccncc2n3-c2ccccn2)ccc2c1c1nnc(-c3ccccc3-c3ccccc3)n1c1ccccc21. The molecular formula is C42H24N6OPt. The molecule has 0 saturated carbocycles. The summed E-state index contributed by atoms with van der Waals surface area (Å²) in [5.41, 5.74) is 6.74. The van der Waals surface area contributed by atoms with Crippen molar-refractivity contribution >= 4 is 49.1 Å². The summed E-state index contributed by atoms with van der Waals surface area (Å²) in [5, 5.41) is 14.6. The van der Waals surface area contributed by atoms with E-state index in [0.717, 1.165) is 71.8 Å². The molecule has 0 spiro atoms. The van der Waals surface area contributed by atoms with Gasteiger partial charge in [-0.25, -0.2) is 4.98 Å². The monoisotopic (exact) mass is 823 g/mol. The topological polar surface area (TPSA) is 70.1 Å². The van der Waals surface area contributed by atoms with Crippen molar-refractivity contribution in [3.8, 4) is 39.8 Å². The van der Waals surface area contributed by atoms with Crippen LogP contribution in [-0.4, -0.2) is 29.1 Å². The van der Waals surface area contributed by atoms with Crippen molar-refractivity contribution in [3.05, 3.63) is 158 Å². The van der Waals surface area contributed by atoms with Gasteiger partial charge in [0.15, 0.2) is 5.82 Å². The minimum Gasteiger partial charge on any atom is -0.503 e. The predicted molar refractivity (Wildman–Crippen MR) is 193 cm³/mol. The summed E-state index contributed by atoms with van der Waals surface area (Å²) >= 11 is 0. The smallest absolute Gasteiger partial charge is 0.503 e. The Kier molecular flexibility index (Phi) is 7.22. The van der Waals surface area contributed by atoms with Crippen LogP contribution in [0.4, 0.5) is 0 Å². The van der Waals surface area contributed by atoms with E-state index in [1.807, 2.05) is 60.8 Å². The third kappa shape index (κ3) is 4.70. The molecule has 5 aromatic heterocycles. The average Bonchev–Trinajstić information content (AvgIpc) is 3.76. The van der Waals surface area contributed by atoms with E-state index in [1.165, 1.54) is 0 Å². The summed E-state index contributed by atoms with van der Waals surface area (Å²) in [6.07, 6.45) is 5.45. The van der Waals surface area contributed by atoms with Crippen LogP contribution >= 0.6 is 0 Å². The van der Waals surface area contributed by atoms with E-state index in [-0.39, 0.29) is 21.1 Å². The van der Waals surface area contributed by atoms with Gasteiger partial charge in [-0.1, -0.05) is 101 Å². The van der Waals surface area contributed by atoms with E-state index in [2.05, 4.69) is 104 Å². The van der Waals surface area contributed by atoms with Crippen LogP contribution in [0.1, 0.15) is 0 Å². The van der Waals surface area contributed by atoms with Gasteiger partial charge in [0.25, 0.3) is 0 Å². The van der Waals surface area contributed by atoms with Crippen molar-refractivity contribution in [2.24, 2.45) is 0 Å². The molecule has 0 saturated heterocycles. The van der Waals surface area contributed by atoms with Crippen LogP contribution in [0.2, 0.25) is 0 Å². The van der Waals surface area contributed by atoms with E-state index in [4.69, 9.17) is 14.9 Å². The fraction of sp³-hybridized carbons (Fsp3) is 0. The Morgan fingerprint density at radius 2 is 1.30 bits per heavy atom. The number of aromatic nitrogens is 6. The number of nitrogens with zero attached hydrogens (tertiary/aromatic N) is 6. The third-order valence-electron chi connectivity index (χ3n) is 9.04. The van der Waals surface area contributed by atoms with Crippen molar-refractivity contribution < 1.29 is 25.8 Å². The maximum Gasteiger partial charge on any atom is 2.00 e. The molecule has 10 aromatic rings. The Hall–Kier alpha value is -6.17. The van der Waals surface area contributed by atoms with Crippen LogP contribution in [0.3, 0.4) is 0 Å². The molecular weight excluding hydrogens is 800 g/mol. The van der Waals surface area contributed by atoms with Crippen molar-refractivity contribution in [2.75, 3.05) is 0 Å². The largest absolute Gasteiger partial charge is 2.00 e. The van der Waals surface area contributed by atoms with Crippen LogP contribution in [0, 0.1) is 12.1 Å². The summed E-state index contributed by atoms with van der Waals surface area (Å²) in [6.45, 7) is 0. The Labute approximate surface area is 300 Å². The van der Waals surface area contributed by atoms with Crippen LogP contribution < -0.4 is 4.74 Å². The molecule has 10 rings (SSSR count). The second-order valence-corrected chi connectivity index (χ2v) is 11.8. The Morgan fingerprint density at radius 3 is 2.16 bits per heavy atom. The number of hydrogen-bond donors (Lipinski definition) is 0. The molecule has 0 bridgehead atoms. The quantitative estimate of drug-likeness (QED) is 0.128. The maximum absolute atomic E-state index is 6.49. The molecule has 0 radical (unpaired) electrons. The standard InChI is InChI=1S/C42H24N6O.Pt/c1-2-10-27(11-3-1)30-12-4-5-14-35(30)41-45-46-42-36-24-28(17-19-31(36)32-13-6-7-15-37(32)48(41)42)49-29-18-20-33-34-21-23-43-26-39(34)47(38(33)25-29)40-16-8-9-22-44-40;/h1-23,26H;/q-2;+2. The van der Waals surface area contributed by atoms with Crippen molar-refractivity contribution in [3.63, 3.8) is 0 Å². The Balaban J connectivity index is 0.00000336. The van der Waals surface area contributed by atoms with Crippen molar-refractivity contribution in [2.45, 2.75) is 0 Å². The van der Waals surface area contributed by atoms with Gasteiger partial charge in [-0.2, -0.15) is 11.2 Å². The molecule has 5 heterocycles. The molecule has 0 aliphatic carbocycles. The first kappa shape index (κ1) is 29.9. The summed E-state index contributed by atoms with van der Waals surface area (Å²) in [5.74, 6) is 2.67. The number of rotatable bonds is 5. The minimum absolute atomic E-state index is 0. The summed E-state index contributed by atoms with van der Waals surface area (Å²) in [7, 11) is 0. The van der Waals surface area contributed by atoms with Gasteiger partial charge in [0, 0.05) is 35.0 Å². The number of hydrogen-bond acceptors (Lipinski definition) is 5. The van der Waals surface area contributed by atoms with Gasteiger partial charge in [-0.3, -0.25) is 4.98 Å². The molecule has 7 nitrogen and oxygen atoms in total. The molecule has 0 aliphatic rings. The Morgan fingerprint density at radius 1 is 0.560 bits per heavy atom. The van der Waals surface area contributed by atoms with Gasteiger partial charge in [-0.15, -0.1) is 34.8 Å². The molecule has 0 unspecified atom stereocenters. The number of benzene rings is 5. The number of fused-ring (bicyclic) bond motifs is 9. The molecule has 0 amide bonds. The van der Waals surface area contributed by atoms with Gasteiger partial charge < -0.3 is 13.7 Å². The first-order valence-electron chi connectivity index (χ1n) is 16.0. The fourth-order valence-corrected chi connectivity index (χ4v) is 6.90. The molecule has 5 aromatic carbocycles. The molecule has 8 heteroatoms. The van der Waals surface area contributed by atoms with Crippen LogP contribution in [0.15, 0.2) is 146 Å². The zero-order chi connectivity index (χ0) is 32.3. The summed E-state index contributed by atoms with van der Waals surface area (Å²) in [6, 6.07) is 50.0. The second kappa shape index (κ2) is 12.1. The molecule has 238 valence electrons. The van der Waals surface area contributed by atoms with Gasteiger partial charge in [0.1, 0.15) is 5.82 Å². The number of ether oxygens (including phenoxy) is 1. The van der Waals surface area contributed by atoms with E-state index in [0.29, 0.717) is 17.1 Å². The van der Waals surface area contributed by atoms with Crippen molar-refractivity contribution in [1.82, 2.24) is 29.1 Å². The van der Waals surface area contributed by atoms with E-state index in [1.54, 1.807) is 12.4 Å². The molecule has 50 heavy (non-hydrogen) atoms. The molecule has 0 atom stereocenters. The molecule has 0 aliphatic heterocycles. The first-order valence-corrected chi connectivity index (χ1v) is 16.0. The third-order valence-corrected chi connectivity index (χ3v) is 9.04. The van der Waals surface area contributed by atoms with E-state index < -0.39 is 0 Å². The maximum atomic E-state index is 6.49. The van der Waals surface area contributed by atoms with Crippen molar-refractivity contribution in [1.29, 1.82) is 0 Å². The summed E-state index contributed by atoms with van der Waals surface area (Å²) in [4.78, 5) is 9.01. The van der Waals surface area contributed by atoms with Gasteiger partial charge in [0.05, 0.1) is 17.4 Å². The fourth-order valence-electron chi connectivity index (χ4n) is 6.90. The predicted octanol–water partition coefficient (Wildman–Crippen LogP) is 9.65. The Bertz CT molecular complexity index is 2870. The molecule has 0 N–H and O–H groups in total. The van der Waals surface area contributed by atoms with Gasteiger partial charge in [-0.05, 0) is 46.2 Å². The number of para-hydroxylation sites is 1. The van der Waals surface area contributed by atoms with Crippen LogP contribution in [0.25, 0.3) is 77.5 Å². The number of pyridine rings is 3. The zero-order valence-corrected chi connectivity index (χ0v) is 28.5. The second-order valence-electron chi connectivity index (χ2n) is 11.8. The van der Waals surface area contributed by atoms with E-state index >= 15 is 0 Å². The minimum atomic E-state index is 0. The first-order chi connectivity index (χ1) is 24.3. The average molecular weight is 824 g/mol. The zero-order valence-electron chi connectivity index (χ0n) is 26.3. The van der Waals surface area contributed by atoms with Gasteiger partial charge >= 0.3 is 21.1 Å². The van der Waals surface area contributed by atoms with E-state index in [9.17, 15) is 0 Å². The van der Waals surface area contributed by atoms with Crippen LogP contribution in [0.5, 0.6) is 11.5 Å². The summed E-state index contributed by atoms with van der Waals surface area (Å²) < 4.78 is 10.7. The normalized spacial score (nSPS) is 11.4. The van der Waals surface area contributed by atoms with Gasteiger partial charge in [0.2, 0.25) is 0 Å². The van der Waals surface area contributed by atoms with Crippen LogP contribution in [-0.2, 0) is 21.1 Å². The molecule has 0 fully saturated rings.